The fourth-order valence-electron chi connectivity index (χ4n) is 1.28. The molecule has 0 N–H and O–H groups in total. The van der Waals surface area contributed by atoms with Crippen LogP contribution in [0.15, 0.2) is 24.3 Å². The minimum atomic E-state index is -2.86. The summed E-state index contributed by atoms with van der Waals surface area (Å²) in [6.45, 7) is 2.04. The van der Waals surface area contributed by atoms with Gasteiger partial charge in [0, 0.05) is 14.2 Å². The summed E-state index contributed by atoms with van der Waals surface area (Å²) in [5.74, 6) is 0. The highest BCUT2D eigenvalue weighted by molar-refractivity contribution is 7.53. The lowest BCUT2D eigenvalue weighted by Gasteiger charge is -2.13. The van der Waals surface area contributed by atoms with Crippen molar-refractivity contribution in [2.45, 2.75) is 13.3 Å². The second-order valence-electron chi connectivity index (χ2n) is 3.44. The highest BCUT2D eigenvalue weighted by Gasteiger charge is 2.20. The summed E-state index contributed by atoms with van der Waals surface area (Å²) in [5, 5.41) is 0. The molecule has 0 saturated heterocycles. The molecule has 0 aliphatic carbocycles. The Labute approximate surface area is 90.9 Å². The van der Waals surface area contributed by atoms with E-state index < -0.39 is 7.60 Å². The van der Waals surface area contributed by atoms with Crippen molar-refractivity contribution in [3.05, 3.63) is 35.4 Å². The van der Waals surface area contributed by atoms with Crippen LogP contribution in [0.5, 0.6) is 0 Å². The van der Waals surface area contributed by atoms with Crippen LogP contribution < -0.4 is 0 Å². The number of aryl methyl sites for hydroxylation is 2. The zero-order valence-electron chi connectivity index (χ0n) is 9.40. The van der Waals surface area contributed by atoms with Crippen molar-refractivity contribution in [2.75, 3.05) is 20.4 Å². The maximum absolute atomic E-state index is 11.7. The van der Waals surface area contributed by atoms with E-state index in [4.69, 9.17) is 9.05 Å². The van der Waals surface area contributed by atoms with Gasteiger partial charge in [-0.25, -0.2) is 0 Å². The predicted octanol–water partition coefficient (Wildman–Crippen LogP) is 3.02. The molecule has 0 heterocycles. The van der Waals surface area contributed by atoms with Crippen LogP contribution in [-0.4, -0.2) is 20.4 Å². The molecule has 0 amide bonds. The molecule has 0 radical (unpaired) electrons. The van der Waals surface area contributed by atoms with Gasteiger partial charge in [0.2, 0.25) is 0 Å². The minimum absolute atomic E-state index is 0.420. The highest BCUT2D eigenvalue weighted by atomic mass is 31.2. The van der Waals surface area contributed by atoms with Crippen LogP contribution in [0.25, 0.3) is 0 Å². The average Bonchev–Trinajstić information content (AvgIpc) is 2.28. The summed E-state index contributed by atoms with van der Waals surface area (Å²) in [5.41, 5.74) is 2.37. The second kappa shape index (κ2) is 5.45. The molecule has 3 nitrogen and oxygen atoms in total. The molecule has 0 aliphatic heterocycles. The first-order chi connectivity index (χ1) is 7.09. The third kappa shape index (κ3) is 3.78. The van der Waals surface area contributed by atoms with E-state index in [-0.39, 0.29) is 0 Å². The summed E-state index contributed by atoms with van der Waals surface area (Å²) in [6, 6.07) is 8.15. The van der Waals surface area contributed by atoms with Crippen LogP contribution in [0.2, 0.25) is 0 Å². The molecule has 0 aliphatic rings. The van der Waals surface area contributed by atoms with E-state index in [1.165, 1.54) is 19.8 Å². The van der Waals surface area contributed by atoms with Crippen molar-refractivity contribution < 1.29 is 13.6 Å². The summed E-state index contributed by atoms with van der Waals surface area (Å²) in [4.78, 5) is 0. The first-order valence-electron chi connectivity index (χ1n) is 4.86. The zero-order valence-corrected chi connectivity index (χ0v) is 10.3. The van der Waals surface area contributed by atoms with E-state index in [2.05, 4.69) is 0 Å². The highest BCUT2D eigenvalue weighted by Crippen LogP contribution is 2.46. The Hall–Kier alpha value is -0.630. The summed E-state index contributed by atoms with van der Waals surface area (Å²) in [7, 11) is -0.0263. The quantitative estimate of drug-likeness (QED) is 0.726. The number of rotatable bonds is 5. The SMILES string of the molecule is COP(=O)(CCc1ccc(C)cc1)OC. The molecule has 0 saturated carbocycles. The largest absolute Gasteiger partial charge is 0.330 e. The van der Waals surface area contributed by atoms with Gasteiger partial charge in [-0.15, -0.1) is 0 Å². The van der Waals surface area contributed by atoms with Gasteiger partial charge in [0.25, 0.3) is 0 Å². The maximum atomic E-state index is 11.7. The lowest BCUT2D eigenvalue weighted by molar-refractivity contribution is 0.276. The average molecular weight is 228 g/mol. The van der Waals surface area contributed by atoms with Gasteiger partial charge in [0.05, 0.1) is 6.16 Å². The van der Waals surface area contributed by atoms with Gasteiger partial charge in [0.15, 0.2) is 0 Å². The van der Waals surface area contributed by atoms with Crippen LogP contribution in [0, 0.1) is 6.92 Å². The third-order valence-electron chi connectivity index (χ3n) is 2.35. The van der Waals surface area contributed by atoms with Crippen LogP contribution in [0.1, 0.15) is 11.1 Å². The van der Waals surface area contributed by atoms with E-state index in [1.54, 1.807) is 0 Å². The second-order valence-corrected chi connectivity index (χ2v) is 5.83. The Morgan fingerprint density at radius 2 is 1.67 bits per heavy atom. The number of benzene rings is 1. The van der Waals surface area contributed by atoms with Crippen LogP contribution in [0.4, 0.5) is 0 Å². The molecule has 15 heavy (non-hydrogen) atoms. The van der Waals surface area contributed by atoms with E-state index in [1.807, 2.05) is 31.2 Å². The molecule has 0 bridgehead atoms. The monoisotopic (exact) mass is 228 g/mol. The summed E-state index contributed by atoms with van der Waals surface area (Å²) >= 11 is 0. The number of hydrogen-bond donors (Lipinski definition) is 0. The molecule has 0 spiro atoms. The Bertz CT molecular complexity index is 337. The van der Waals surface area contributed by atoms with Crippen molar-refractivity contribution in [2.24, 2.45) is 0 Å². The molecule has 1 aromatic carbocycles. The van der Waals surface area contributed by atoms with Crippen molar-refractivity contribution in [3.8, 4) is 0 Å². The van der Waals surface area contributed by atoms with Gasteiger partial charge in [-0.3, -0.25) is 4.57 Å². The molecule has 0 atom stereocenters. The number of hydrogen-bond acceptors (Lipinski definition) is 3. The van der Waals surface area contributed by atoms with Crippen LogP contribution >= 0.6 is 7.60 Å². The van der Waals surface area contributed by atoms with E-state index in [9.17, 15) is 4.57 Å². The Kier molecular flexibility index (Phi) is 4.52. The molecular formula is C11H17O3P. The van der Waals surface area contributed by atoms with Gasteiger partial charge in [-0.1, -0.05) is 29.8 Å². The molecule has 4 heteroatoms. The Morgan fingerprint density at radius 3 is 2.13 bits per heavy atom. The van der Waals surface area contributed by atoms with Crippen molar-refractivity contribution >= 4 is 7.60 Å². The minimum Gasteiger partial charge on any atom is -0.312 e. The van der Waals surface area contributed by atoms with Gasteiger partial charge in [0.1, 0.15) is 0 Å². The first kappa shape index (κ1) is 12.4. The third-order valence-corrected chi connectivity index (χ3v) is 4.24. The topological polar surface area (TPSA) is 35.5 Å². The van der Waals surface area contributed by atoms with E-state index in [0.717, 1.165) is 5.56 Å². The van der Waals surface area contributed by atoms with Crippen LogP contribution in [-0.2, 0) is 20.0 Å². The van der Waals surface area contributed by atoms with E-state index in [0.29, 0.717) is 12.6 Å². The summed E-state index contributed by atoms with van der Waals surface area (Å²) < 4.78 is 21.5. The van der Waals surface area contributed by atoms with Gasteiger partial charge >= 0.3 is 7.60 Å². The summed E-state index contributed by atoms with van der Waals surface area (Å²) in [6.07, 6.45) is 1.13. The predicted molar refractivity (Wildman–Crippen MR) is 61.4 cm³/mol. The van der Waals surface area contributed by atoms with Gasteiger partial charge in [-0.05, 0) is 18.9 Å². The lowest BCUT2D eigenvalue weighted by atomic mass is 10.1. The van der Waals surface area contributed by atoms with Gasteiger partial charge in [-0.2, -0.15) is 0 Å². The molecule has 0 unspecified atom stereocenters. The molecule has 84 valence electrons. The van der Waals surface area contributed by atoms with E-state index >= 15 is 0 Å². The van der Waals surface area contributed by atoms with Crippen molar-refractivity contribution in [3.63, 3.8) is 0 Å². The smallest absolute Gasteiger partial charge is 0.312 e. The normalized spacial score (nSPS) is 11.7. The molecule has 0 aromatic heterocycles. The first-order valence-corrected chi connectivity index (χ1v) is 6.58. The fraction of sp³-hybridized carbons (Fsp3) is 0.455. The molecule has 1 aromatic rings. The van der Waals surface area contributed by atoms with Gasteiger partial charge < -0.3 is 9.05 Å². The molecular weight excluding hydrogens is 211 g/mol. The molecule has 1 rings (SSSR count). The Morgan fingerprint density at radius 1 is 1.13 bits per heavy atom. The maximum Gasteiger partial charge on any atom is 0.330 e. The zero-order chi connectivity index (χ0) is 11.3. The van der Waals surface area contributed by atoms with Crippen LogP contribution in [0.3, 0.4) is 0 Å². The van der Waals surface area contributed by atoms with Crippen molar-refractivity contribution in [1.29, 1.82) is 0 Å². The standard InChI is InChI=1S/C11H17O3P/c1-10-4-6-11(7-5-10)8-9-15(12,13-2)14-3/h4-7H,8-9H2,1-3H3. The fourth-order valence-corrected chi connectivity index (χ4v) is 2.32. The molecule has 0 fully saturated rings. The Balaban J connectivity index is 2.57. The van der Waals surface area contributed by atoms with Crippen molar-refractivity contribution in [1.82, 2.24) is 0 Å². The lowest BCUT2D eigenvalue weighted by Crippen LogP contribution is -1.98.